The van der Waals surface area contributed by atoms with Crippen LogP contribution in [0.3, 0.4) is 0 Å². The van der Waals surface area contributed by atoms with Gasteiger partial charge in [-0.1, -0.05) is 0 Å². The molecule has 6 rings (SSSR count). The summed E-state index contributed by atoms with van der Waals surface area (Å²) in [4.78, 5) is 16.2. The molecule has 2 aromatic heterocycles. The molecule has 9 heteroatoms. The van der Waals surface area contributed by atoms with Gasteiger partial charge in [-0.05, 0) is 80.8 Å². The van der Waals surface area contributed by atoms with Crippen LogP contribution in [0.5, 0.6) is 11.6 Å². The molecule has 2 aromatic carbocycles. The number of nitrogens with two attached hydrogens (primary N) is 2. The van der Waals surface area contributed by atoms with E-state index in [-0.39, 0.29) is 12.0 Å². The average Bonchev–Trinajstić information content (AvgIpc) is 2.90. The lowest BCUT2D eigenvalue weighted by atomic mass is 9.87. The summed E-state index contributed by atoms with van der Waals surface area (Å²) < 4.78 is 11.6. The van der Waals surface area contributed by atoms with Crippen LogP contribution in [-0.2, 0) is 6.42 Å². The number of hydrogen-bond acceptors (Lipinski definition) is 9. The van der Waals surface area contributed by atoms with Crippen molar-refractivity contribution in [3.8, 4) is 34.0 Å². The third-order valence-corrected chi connectivity index (χ3v) is 8.09. The van der Waals surface area contributed by atoms with E-state index in [0.29, 0.717) is 35.4 Å². The van der Waals surface area contributed by atoms with Crippen LogP contribution in [0.2, 0.25) is 0 Å². The van der Waals surface area contributed by atoms with Crippen molar-refractivity contribution < 1.29 is 9.47 Å². The highest BCUT2D eigenvalue weighted by Gasteiger charge is 2.29. The Kier molecular flexibility index (Phi) is 5.75. The van der Waals surface area contributed by atoms with Crippen molar-refractivity contribution in [1.29, 1.82) is 0 Å². The minimum absolute atomic E-state index is 0.179. The maximum absolute atomic E-state index is 6.74. The molecule has 0 bridgehead atoms. The zero-order valence-corrected chi connectivity index (χ0v) is 22.4. The fourth-order valence-electron chi connectivity index (χ4n) is 5.80. The molecule has 0 saturated heterocycles. The molecule has 0 fully saturated rings. The van der Waals surface area contributed by atoms with E-state index >= 15 is 0 Å². The van der Waals surface area contributed by atoms with Crippen molar-refractivity contribution in [1.82, 2.24) is 19.9 Å². The lowest BCUT2D eigenvalue weighted by Crippen LogP contribution is -2.37. The Hall–Kier alpha value is -4.11. The van der Waals surface area contributed by atoms with Gasteiger partial charge in [0.25, 0.3) is 0 Å². The lowest BCUT2D eigenvalue weighted by Gasteiger charge is -2.38. The quantitative estimate of drug-likeness (QED) is 0.339. The molecule has 4 aromatic rings. The molecule has 4 heterocycles. The average molecular weight is 512 g/mol. The van der Waals surface area contributed by atoms with Crippen LogP contribution in [-0.4, -0.2) is 53.2 Å². The number of hydrogen-bond donors (Lipinski definition) is 3. The van der Waals surface area contributed by atoms with Crippen LogP contribution in [0.4, 0.5) is 17.3 Å². The summed E-state index contributed by atoms with van der Waals surface area (Å²) in [5, 5.41) is 4.14. The fraction of sp³-hybridized carbons (Fsp3) is 0.345. The van der Waals surface area contributed by atoms with Crippen LogP contribution in [0.15, 0.2) is 30.5 Å². The fourth-order valence-corrected chi connectivity index (χ4v) is 5.80. The van der Waals surface area contributed by atoms with Gasteiger partial charge in [-0.25, -0.2) is 15.0 Å². The number of aromatic nitrogens is 3. The van der Waals surface area contributed by atoms with Gasteiger partial charge >= 0.3 is 0 Å². The number of rotatable bonds is 3. The van der Waals surface area contributed by atoms with Crippen LogP contribution < -0.4 is 26.3 Å². The van der Waals surface area contributed by atoms with E-state index in [0.717, 1.165) is 52.0 Å². The third kappa shape index (κ3) is 3.77. The maximum Gasteiger partial charge on any atom is 0.237 e. The first-order valence-corrected chi connectivity index (χ1v) is 12.9. The summed E-state index contributed by atoms with van der Waals surface area (Å²) in [5.41, 5.74) is 22.1. The first-order chi connectivity index (χ1) is 18.3. The molecule has 0 aliphatic carbocycles. The largest absolute Gasteiger partial charge is 0.496 e. The molecule has 0 saturated carbocycles. The van der Waals surface area contributed by atoms with Gasteiger partial charge < -0.3 is 26.3 Å². The van der Waals surface area contributed by atoms with Crippen LogP contribution >= 0.6 is 0 Å². The summed E-state index contributed by atoms with van der Waals surface area (Å²) in [5.74, 6) is 1.54. The number of nitrogens with zero attached hydrogens (tertiary/aromatic N) is 4. The van der Waals surface area contributed by atoms with E-state index in [4.69, 9.17) is 20.9 Å². The van der Waals surface area contributed by atoms with E-state index in [1.54, 1.807) is 7.11 Å². The Morgan fingerprint density at radius 2 is 1.92 bits per heavy atom. The Labute approximate surface area is 222 Å². The van der Waals surface area contributed by atoms with Crippen molar-refractivity contribution in [2.24, 2.45) is 0 Å². The normalized spacial score (nSPS) is 18.9. The van der Waals surface area contributed by atoms with Gasteiger partial charge in [-0.15, -0.1) is 0 Å². The van der Waals surface area contributed by atoms with Crippen molar-refractivity contribution in [3.05, 3.63) is 47.2 Å². The van der Waals surface area contributed by atoms with Gasteiger partial charge in [0, 0.05) is 47.0 Å². The van der Waals surface area contributed by atoms with Gasteiger partial charge in [0.15, 0.2) is 0 Å². The number of methoxy groups -OCH3 is 1. The Balaban J connectivity index is 1.54. The number of ether oxygens (including phenoxy) is 2. The summed E-state index contributed by atoms with van der Waals surface area (Å²) in [6, 6.07) is 8.96. The topological polar surface area (TPSA) is 124 Å². The predicted molar refractivity (Wildman–Crippen MR) is 152 cm³/mol. The Morgan fingerprint density at radius 3 is 2.71 bits per heavy atom. The molecule has 0 amide bonds. The monoisotopic (exact) mass is 511 g/mol. The molecule has 9 nitrogen and oxygen atoms in total. The second-order valence-corrected chi connectivity index (χ2v) is 10.3. The summed E-state index contributed by atoms with van der Waals surface area (Å²) >= 11 is 0. The van der Waals surface area contributed by atoms with Gasteiger partial charge in [0.05, 0.1) is 18.3 Å². The molecule has 2 aliphatic heterocycles. The number of pyridine rings is 1. The SMILES string of the molecule is COc1cc2c(cc1-c1nc(N)nc3cc(-c4cnc5c(c4C)NCCO5)cc(N)c13)C(C)N(C)C(C)C2. The predicted octanol–water partition coefficient (Wildman–Crippen LogP) is 4.58. The molecule has 196 valence electrons. The van der Waals surface area contributed by atoms with Crippen molar-refractivity contribution >= 4 is 28.2 Å². The van der Waals surface area contributed by atoms with Crippen LogP contribution in [0, 0.1) is 6.92 Å². The molecule has 0 radical (unpaired) electrons. The number of benzene rings is 2. The lowest BCUT2D eigenvalue weighted by molar-refractivity contribution is 0.179. The van der Waals surface area contributed by atoms with E-state index < -0.39 is 0 Å². The highest BCUT2D eigenvalue weighted by atomic mass is 16.5. The van der Waals surface area contributed by atoms with Crippen LogP contribution in [0.25, 0.3) is 33.3 Å². The molecular formula is C29H33N7O2. The molecular weight excluding hydrogens is 478 g/mol. The number of likely N-dealkylation sites (N-methyl/N-ethyl adjacent to an activating group) is 1. The van der Waals surface area contributed by atoms with Crippen molar-refractivity contribution in [2.45, 2.75) is 39.3 Å². The molecule has 2 aliphatic rings. The highest BCUT2D eigenvalue weighted by molar-refractivity contribution is 6.04. The molecule has 2 unspecified atom stereocenters. The van der Waals surface area contributed by atoms with E-state index in [9.17, 15) is 0 Å². The zero-order valence-electron chi connectivity index (χ0n) is 22.4. The molecule has 5 N–H and O–H groups in total. The van der Waals surface area contributed by atoms with E-state index in [1.807, 2.05) is 18.3 Å². The number of anilines is 3. The smallest absolute Gasteiger partial charge is 0.237 e. The van der Waals surface area contributed by atoms with Gasteiger partial charge in [0.1, 0.15) is 18.0 Å². The summed E-state index contributed by atoms with van der Waals surface area (Å²) in [7, 11) is 3.85. The standard InChI is InChI=1S/C29H33N7O2/c1-14-8-17-11-24(37-5)20(12-19(17)16(3)36(14)4)27-25-22(30)9-18(10-23(25)34-29(31)35-27)21-13-33-28-26(15(21)2)32-6-7-38-28/h9-14,16,32H,6-8,30H2,1-5H3,(H2,31,34,35). The molecule has 2 atom stereocenters. The summed E-state index contributed by atoms with van der Waals surface area (Å²) in [6.45, 7) is 7.86. The number of nitrogens with one attached hydrogen (secondary N) is 1. The maximum atomic E-state index is 6.74. The number of nitrogen functional groups attached to an aromatic ring is 2. The minimum Gasteiger partial charge on any atom is -0.496 e. The zero-order chi connectivity index (χ0) is 26.7. The van der Waals surface area contributed by atoms with Gasteiger partial charge in [-0.3, -0.25) is 4.90 Å². The molecule has 0 spiro atoms. The van der Waals surface area contributed by atoms with E-state index in [2.05, 4.69) is 65.1 Å². The van der Waals surface area contributed by atoms with Crippen molar-refractivity contribution in [3.63, 3.8) is 0 Å². The van der Waals surface area contributed by atoms with Crippen LogP contribution in [0.1, 0.15) is 36.6 Å². The summed E-state index contributed by atoms with van der Waals surface area (Å²) in [6.07, 6.45) is 2.78. The second kappa shape index (κ2) is 9.02. The molecule has 38 heavy (non-hydrogen) atoms. The third-order valence-electron chi connectivity index (χ3n) is 8.09. The van der Waals surface area contributed by atoms with Gasteiger partial charge in [-0.2, -0.15) is 0 Å². The first kappa shape index (κ1) is 24.2. The minimum atomic E-state index is 0.179. The Morgan fingerprint density at radius 1 is 1.11 bits per heavy atom. The second-order valence-electron chi connectivity index (χ2n) is 10.3. The first-order valence-electron chi connectivity index (χ1n) is 12.9. The van der Waals surface area contributed by atoms with Crippen molar-refractivity contribution in [2.75, 3.05) is 44.1 Å². The highest BCUT2D eigenvalue weighted by Crippen LogP contribution is 2.44. The van der Waals surface area contributed by atoms with E-state index in [1.165, 1.54) is 11.1 Å². The number of fused-ring (bicyclic) bond motifs is 3. The Bertz CT molecular complexity index is 1590. The van der Waals surface area contributed by atoms with Gasteiger partial charge in [0.2, 0.25) is 11.8 Å².